The van der Waals surface area contributed by atoms with Crippen molar-refractivity contribution in [3.63, 3.8) is 0 Å². The maximum atomic E-state index is 12.8. The molecule has 1 unspecified atom stereocenters. The van der Waals surface area contributed by atoms with Crippen LogP contribution in [-0.2, 0) is 24.3 Å². The number of benzene rings is 1. The maximum absolute atomic E-state index is 12.8. The maximum Gasteiger partial charge on any atom is 0.308 e. The number of carboxylic acids is 1. The third-order valence-corrected chi connectivity index (χ3v) is 6.74. The monoisotopic (exact) mass is 394 g/mol. The fourth-order valence-corrected chi connectivity index (χ4v) is 4.68. The van der Waals surface area contributed by atoms with E-state index in [0.717, 1.165) is 5.57 Å². The summed E-state index contributed by atoms with van der Waals surface area (Å²) in [5.74, 6) is -2.01. The minimum Gasteiger partial charge on any atom is -0.481 e. The fourth-order valence-electron chi connectivity index (χ4n) is 3.30. The van der Waals surface area contributed by atoms with E-state index < -0.39 is 21.9 Å². The Morgan fingerprint density at radius 3 is 2.52 bits per heavy atom. The quantitative estimate of drug-likeness (QED) is 0.725. The molecule has 0 radical (unpaired) electrons. The SMILES string of the molecule is COCC1=CCN(S(=O)(=O)c2ccc(N3CC(C(=O)O)CC3=O)cc2)CC1. The molecule has 146 valence electrons. The molecule has 1 N–H and O–H groups in total. The Morgan fingerprint density at radius 2 is 2.00 bits per heavy atom. The van der Waals surface area contributed by atoms with E-state index in [1.807, 2.05) is 6.08 Å². The molecule has 0 spiro atoms. The molecule has 0 aliphatic carbocycles. The first-order chi connectivity index (χ1) is 12.8. The van der Waals surface area contributed by atoms with Gasteiger partial charge in [0, 0.05) is 38.9 Å². The molecule has 0 saturated carbocycles. The molecule has 1 aromatic carbocycles. The van der Waals surface area contributed by atoms with Gasteiger partial charge in [-0.25, -0.2) is 8.42 Å². The topological polar surface area (TPSA) is 104 Å². The Morgan fingerprint density at radius 1 is 1.30 bits per heavy atom. The minimum atomic E-state index is -3.63. The molecule has 1 amide bonds. The molecule has 1 aromatic rings. The molecule has 8 nitrogen and oxygen atoms in total. The highest BCUT2D eigenvalue weighted by Gasteiger charge is 2.35. The highest BCUT2D eigenvalue weighted by molar-refractivity contribution is 7.89. The van der Waals surface area contributed by atoms with Crippen LogP contribution >= 0.6 is 0 Å². The van der Waals surface area contributed by atoms with Crippen LogP contribution in [0.15, 0.2) is 40.8 Å². The number of methoxy groups -OCH3 is 1. The van der Waals surface area contributed by atoms with E-state index in [1.54, 1.807) is 19.2 Å². The van der Waals surface area contributed by atoms with Crippen LogP contribution in [0.3, 0.4) is 0 Å². The number of carbonyl (C=O) groups excluding carboxylic acids is 1. The third-order valence-electron chi connectivity index (χ3n) is 4.86. The summed E-state index contributed by atoms with van der Waals surface area (Å²) in [6.45, 7) is 1.29. The van der Waals surface area contributed by atoms with Crippen LogP contribution in [0.25, 0.3) is 0 Å². The van der Waals surface area contributed by atoms with E-state index in [4.69, 9.17) is 9.84 Å². The highest BCUT2D eigenvalue weighted by atomic mass is 32.2. The van der Waals surface area contributed by atoms with Gasteiger partial charge in [-0.05, 0) is 36.3 Å². The summed E-state index contributed by atoms with van der Waals surface area (Å²) < 4.78 is 32.1. The number of ether oxygens (including phenoxy) is 1. The van der Waals surface area contributed by atoms with Crippen molar-refractivity contribution in [1.82, 2.24) is 4.31 Å². The molecule has 2 heterocycles. The number of aliphatic carboxylic acids is 1. The molecule has 1 atom stereocenters. The van der Waals surface area contributed by atoms with E-state index in [9.17, 15) is 18.0 Å². The molecule has 2 aliphatic heterocycles. The fraction of sp³-hybridized carbons (Fsp3) is 0.444. The molecule has 9 heteroatoms. The molecule has 0 aromatic heterocycles. The van der Waals surface area contributed by atoms with Crippen LogP contribution in [0.5, 0.6) is 0 Å². The molecule has 3 rings (SSSR count). The van der Waals surface area contributed by atoms with Gasteiger partial charge in [-0.2, -0.15) is 4.31 Å². The van der Waals surface area contributed by atoms with Crippen LogP contribution in [0, 0.1) is 5.92 Å². The number of amides is 1. The van der Waals surface area contributed by atoms with Gasteiger partial charge >= 0.3 is 5.97 Å². The number of anilines is 1. The molecule has 2 aliphatic rings. The van der Waals surface area contributed by atoms with Gasteiger partial charge in [0.25, 0.3) is 0 Å². The average molecular weight is 394 g/mol. The van der Waals surface area contributed by atoms with Gasteiger partial charge in [0.2, 0.25) is 15.9 Å². The van der Waals surface area contributed by atoms with Crippen molar-refractivity contribution in [2.45, 2.75) is 17.7 Å². The highest BCUT2D eigenvalue weighted by Crippen LogP contribution is 2.27. The first-order valence-corrected chi connectivity index (χ1v) is 10.1. The Bertz CT molecular complexity index is 862. The molecule has 1 saturated heterocycles. The Balaban J connectivity index is 1.73. The van der Waals surface area contributed by atoms with E-state index in [0.29, 0.717) is 31.8 Å². The molecule has 0 bridgehead atoms. The van der Waals surface area contributed by atoms with Gasteiger partial charge in [0.15, 0.2) is 0 Å². The number of rotatable bonds is 6. The molecule has 27 heavy (non-hydrogen) atoms. The summed E-state index contributed by atoms with van der Waals surface area (Å²) in [5.41, 5.74) is 1.59. The zero-order chi connectivity index (χ0) is 19.6. The lowest BCUT2D eigenvalue weighted by Gasteiger charge is -2.26. The molecule has 1 fully saturated rings. The predicted molar refractivity (Wildman–Crippen MR) is 97.9 cm³/mol. The number of sulfonamides is 1. The summed E-state index contributed by atoms with van der Waals surface area (Å²) in [6, 6.07) is 6.01. The van der Waals surface area contributed by atoms with E-state index in [-0.39, 0.29) is 23.8 Å². The van der Waals surface area contributed by atoms with E-state index >= 15 is 0 Å². The summed E-state index contributed by atoms with van der Waals surface area (Å²) in [6.07, 6.45) is 2.46. The van der Waals surface area contributed by atoms with Gasteiger partial charge < -0.3 is 14.7 Å². The summed E-state index contributed by atoms with van der Waals surface area (Å²) in [7, 11) is -2.02. The third kappa shape index (κ3) is 4.05. The van der Waals surface area contributed by atoms with Crippen LogP contribution in [0.1, 0.15) is 12.8 Å². The van der Waals surface area contributed by atoms with Crippen LogP contribution < -0.4 is 4.90 Å². The van der Waals surface area contributed by atoms with Gasteiger partial charge in [-0.3, -0.25) is 9.59 Å². The first kappa shape index (κ1) is 19.5. The second-order valence-electron chi connectivity index (χ2n) is 6.65. The van der Waals surface area contributed by atoms with Crippen molar-refractivity contribution in [3.8, 4) is 0 Å². The Kier molecular flexibility index (Phi) is 5.64. The predicted octanol–water partition coefficient (Wildman–Crippen LogP) is 1.09. The summed E-state index contributed by atoms with van der Waals surface area (Å²) in [5, 5.41) is 9.07. The van der Waals surface area contributed by atoms with Crippen LogP contribution in [-0.4, -0.2) is 63.1 Å². The number of hydrogen-bond acceptors (Lipinski definition) is 5. The summed E-state index contributed by atoms with van der Waals surface area (Å²) in [4.78, 5) is 24.6. The summed E-state index contributed by atoms with van der Waals surface area (Å²) >= 11 is 0. The van der Waals surface area contributed by atoms with Crippen molar-refractivity contribution in [1.29, 1.82) is 0 Å². The lowest BCUT2D eigenvalue weighted by atomic mass is 10.1. The average Bonchev–Trinajstić information content (AvgIpc) is 3.05. The van der Waals surface area contributed by atoms with Crippen molar-refractivity contribution >= 4 is 27.6 Å². The second kappa shape index (κ2) is 7.79. The Hall–Kier alpha value is -2.23. The van der Waals surface area contributed by atoms with Crippen molar-refractivity contribution in [2.75, 3.05) is 38.3 Å². The van der Waals surface area contributed by atoms with E-state index in [1.165, 1.54) is 21.3 Å². The Labute approximate surface area is 158 Å². The standard InChI is InChI=1S/C18H22N2O6S/c1-26-12-13-6-8-19(9-7-13)27(24,25)16-4-2-15(3-5-16)20-11-14(18(22)23)10-17(20)21/h2-6,14H,7-12H2,1H3,(H,22,23). The smallest absolute Gasteiger partial charge is 0.308 e. The van der Waals surface area contributed by atoms with Gasteiger partial charge in [-0.1, -0.05) is 6.08 Å². The number of nitrogens with zero attached hydrogens (tertiary/aromatic N) is 2. The minimum absolute atomic E-state index is 0.0424. The van der Waals surface area contributed by atoms with Crippen LogP contribution in [0.2, 0.25) is 0 Å². The van der Waals surface area contributed by atoms with Gasteiger partial charge in [-0.15, -0.1) is 0 Å². The van der Waals surface area contributed by atoms with Crippen molar-refractivity contribution in [2.24, 2.45) is 5.92 Å². The number of carboxylic acid groups (broad SMARTS) is 1. The van der Waals surface area contributed by atoms with Gasteiger partial charge in [0.05, 0.1) is 17.4 Å². The van der Waals surface area contributed by atoms with Crippen molar-refractivity contribution in [3.05, 3.63) is 35.9 Å². The normalized spacial score (nSPS) is 21.4. The lowest BCUT2D eigenvalue weighted by molar-refractivity contribution is -0.141. The largest absolute Gasteiger partial charge is 0.481 e. The zero-order valence-corrected chi connectivity index (χ0v) is 15.8. The number of carbonyl (C=O) groups is 2. The molecular weight excluding hydrogens is 372 g/mol. The van der Waals surface area contributed by atoms with Crippen molar-refractivity contribution < 1.29 is 27.9 Å². The molecular formula is C18H22N2O6S. The van der Waals surface area contributed by atoms with Gasteiger partial charge in [0.1, 0.15) is 0 Å². The van der Waals surface area contributed by atoms with Crippen LogP contribution in [0.4, 0.5) is 5.69 Å². The first-order valence-electron chi connectivity index (χ1n) is 8.63. The lowest BCUT2D eigenvalue weighted by Crippen LogP contribution is -2.35. The zero-order valence-electron chi connectivity index (χ0n) is 15.0. The second-order valence-corrected chi connectivity index (χ2v) is 8.58. The van der Waals surface area contributed by atoms with E-state index in [2.05, 4.69) is 0 Å². The number of hydrogen-bond donors (Lipinski definition) is 1.